The number of nitrogens with two attached hydrogens (primary N) is 1. The SMILES string of the molecule is Cc1ccccc1C(C(=O)O)N1CC(C(N)=O)CC1=O. The Morgan fingerprint density at radius 2 is 2.05 bits per heavy atom. The van der Waals surface area contributed by atoms with Gasteiger partial charge in [-0.05, 0) is 18.1 Å². The molecule has 2 amide bonds. The average Bonchev–Trinajstić information content (AvgIpc) is 2.74. The second kappa shape index (κ2) is 5.32. The van der Waals surface area contributed by atoms with E-state index in [0.717, 1.165) is 5.56 Å². The monoisotopic (exact) mass is 276 g/mol. The maximum atomic E-state index is 12.0. The summed E-state index contributed by atoms with van der Waals surface area (Å²) in [5.74, 6) is -2.66. The third-order valence-electron chi connectivity index (χ3n) is 3.59. The van der Waals surface area contributed by atoms with Gasteiger partial charge in [0, 0.05) is 13.0 Å². The smallest absolute Gasteiger partial charge is 0.331 e. The van der Waals surface area contributed by atoms with E-state index in [-0.39, 0.29) is 18.9 Å². The Kier molecular flexibility index (Phi) is 3.74. The fourth-order valence-corrected chi connectivity index (χ4v) is 2.50. The summed E-state index contributed by atoms with van der Waals surface area (Å²) in [5.41, 5.74) is 6.54. The molecule has 0 saturated carbocycles. The van der Waals surface area contributed by atoms with Crippen molar-refractivity contribution < 1.29 is 19.5 Å². The van der Waals surface area contributed by atoms with Crippen LogP contribution in [-0.2, 0) is 14.4 Å². The molecule has 1 saturated heterocycles. The van der Waals surface area contributed by atoms with Gasteiger partial charge in [0.2, 0.25) is 11.8 Å². The molecular weight excluding hydrogens is 260 g/mol. The minimum absolute atomic E-state index is 0.0228. The van der Waals surface area contributed by atoms with Crippen LogP contribution >= 0.6 is 0 Å². The Morgan fingerprint density at radius 3 is 2.55 bits per heavy atom. The van der Waals surface area contributed by atoms with Gasteiger partial charge in [-0.2, -0.15) is 0 Å². The molecule has 0 spiro atoms. The number of aryl methyl sites for hydroxylation is 1. The predicted molar refractivity (Wildman–Crippen MR) is 70.6 cm³/mol. The van der Waals surface area contributed by atoms with E-state index in [9.17, 15) is 19.5 Å². The molecule has 1 aliphatic heterocycles. The molecule has 1 fully saturated rings. The lowest BCUT2D eigenvalue weighted by atomic mass is 10.00. The largest absolute Gasteiger partial charge is 0.479 e. The summed E-state index contributed by atoms with van der Waals surface area (Å²) in [6, 6.07) is 5.92. The zero-order valence-electron chi connectivity index (χ0n) is 11.1. The average molecular weight is 276 g/mol. The van der Waals surface area contributed by atoms with Crippen LogP contribution in [0.5, 0.6) is 0 Å². The zero-order valence-corrected chi connectivity index (χ0v) is 11.1. The van der Waals surface area contributed by atoms with Crippen LogP contribution in [0.15, 0.2) is 24.3 Å². The van der Waals surface area contributed by atoms with Crippen LogP contribution in [-0.4, -0.2) is 34.3 Å². The number of benzene rings is 1. The lowest BCUT2D eigenvalue weighted by molar-refractivity contribution is -0.148. The van der Waals surface area contributed by atoms with Crippen molar-refractivity contribution in [3.05, 3.63) is 35.4 Å². The van der Waals surface area contributed by atoms with Gasteiger partial charge in [-0.15, -0.1) is 0 Å². The quantitative estimate of drug-likeness (QED) is 0.834. The molecule has 2 rings (SSSR count). The van der Waals surface area contributed by atoms with Crippen molar-refractivity contribution >= 4 is 17.8 Å². The van der Waals surface area contributed by atoms with Gasteiger partial charge in [-0.25, -0.2) is 4.79 Å². The van der Waals surface area contributed by atoms with Gasteiger partial charge in [0.05, 0.1) is 5.92 Å². The van der Waals surface area contributed by atoms with Crippen LogP contribution in [0.4, 0.5) is 0 Å². The van der Waals surface area contributed by atoms with E-state index in [1.165, 1.54) is 4.90 Å². The summed E-state index contributed by atoms with van der Waals surface area (Å²) < 4.78 is 0. The number of carbonyl (C=O) groups excluding carboxylic acids is 2. The highest BCUT2D eigenvalue weighted by Gasteiger charge is 2.40. The van der Waals surface area contributed by atoms with Gasteiger partial charge in [-0.1, -0.05) is 24.3 Å². The number of likely N-dealkylation sites (tertiary alicyclic amines) is 1. The Balaban J connectivity index is 2.36. The van der Waals surface area contributed by atoms with E-state index in [2.05, 4.69) is 0 Å². The summed E-state index contributed by atoms with van der Waals surface area (Å²) in [7, 11) is 0. The standard InChI is InChI=1S/C14H16N2O4/c1-8-4-2-3-5-10(8)12(14(19)20)16-7-9(13(15)18)6-11(16)17/h2-5,9,12H,6-7H2,1H3,(H2,15,18)(H,19,20). The van der Waals surface area contributed by atoms with Gasteiger partial charge >= 0.3 is 5.97 Å². The lowest BCUT2D eigenvalue weighted by Gasteiger charge is -2.26. The first-order chi connectivity index (χ1) is 9.41. The van der Waals surface area contributed by atoms with Gasteiger partial charge in [0.25, 0.3) is 0 Å². The molecule has 3 N–H and O–H groups in total. The predicted octanol–water partition coefficient (Wildman–Crippen LogP) is 0.455. The number of amides is 2. The van der Waals surface area contributed by atoms with E-state index < -0.39 is 23.8 Å². The maximum absolute atomic E-state index is 12.0. The fourth-order valence-electron chi connectivity index (χ4n) is 2.50. The van der Waals surface area contributed by atoms with Crippen molar-refractivity contribution in [2.24, 2.45) is 11.7 Å². The van der Waals surface area contributed by atoms with E-state index >= 15 is 0 Å². The third-order valence-corrected chi connectivity index (χ3v) is 3.59. The summed E-state index contributed by atoms with van der Waals surface area (Å²) in [4.78, 5) is 35.9. The van der Waals surface area contributed by atoms with E-state index in [0.29, 0.717) is 5.56 Å². The highest BCUT2D eigenvalue weighted by atomic mass is 16.4. The maximum Gasteiger partial charge on any atom is 0.331 e. The van der Waals surface area contributed by atoms with Crippen LogP contribution in [0, 0.1) is 12.8 Å². The van der Waals surface area contributed by atoms with Gasteiger partial charge in [-0.3, -0.25) is 9.59 Å². The molecule has 0 aromatic heterocycles. The van der Waals surface area contributed by atoms with Gasteiger partial charge in [0.1, 0.15) is 0 Å². The molecule has 1 aromatic carbocycles. The Morgan fingerprint density at radius 1 is 1.40 bits per heavy atom. The molecule has 2 atom stereocenters. The van der Waals surface area contributed by atoms with Crippen molar-refractivity contribution in [1.82, 2.24) is 4.90 Å². The molecule has 1 heterocycles. The highest BCUT2D eigenvalue weighted by molar-refractivity contribution is 5.91. The van der Waals surface area contributed by atoms with Gasteiger partial charge < -0.3 is 15.7 Å². The zero-order chi connectivity index (χ0) is 14.9. The number of hydrogen-bond acceptors (Lipinski definition) is 3. The fraction of sp³-hybridized carbons (Fsp3) is 0.357. The van der Waals surface area contributed by atoms with Crippen LogP contribution in [0.25, 0.3) is 0 Å². The highest BCUT2D eigenvalue weighted by Crippen LogP contribution is 2.30. The molecule has 1 aromatic rings. The second-order valence-electron chi connectivity index (χ2n) is 4.95. The van der Waals surface area contributed by atoms with Crippen LogP contribution in [0.2, 0.25) is 0 Å². The molecule has 0 radical (unpaired) electrons. The number of rotatable bonds is 4. The molecule has 2 unspecified atom stereocenters. The summed E-state index contributed by atoms with van der Waals surface area (Å²) in [6.07, 6.45) is -0.0228. The van der Waals surface area contributed by atoms with Crippen LogP contribution in [0.3, 0.4) is 0 Å². The molecular formula is C14H16N2O4. The Hall–Kier alpha value is -2.37. The number of aliphatic carboxylic acids is 1. The normalized spacial score (nSPS) is 19.9. The van der Waals surface area contributed by atoms with Crippen molar-refractivity contribution in [2.75, 3.05) is 6.54 Å². The third kappa shape index (κ3) is 2.49. The van der Waals surface area contributed by atoms with E-state index in [4.69, 9.17) is 5.73 Å². The van der Waals surface area contributed by atoms with Crippen LogP contribution < -0.4 is 5.73 Å². The topological polar surface area (TPSA) is 101 Å². The number of carboxylic acid groups (broad SMARTS) is 1. The summed E-state index contributed by atoms with van der Waals surface area (Å²) >= 11 is 0. The molecule has 0 bridgehead atoms. The second-order valence-corrected chi connectivity index (χ2v) is 4.95. The first kappa shape index (κ1) is 14.0. The van der Waals surface area contributed by atoms with E-state index in [1.807, 2.05) is 0 Å². The summed E-state index contributed by atoms with van der Waals surface area (Å²) in [5, 5.41) is 9.44. The van der Waals surface area contributed by atoms with Gasteiger partial charge in [0.15, 0.2) is 6.04 Å². The lowest BCUT2D eigenvalue weighted by Crippen LogP contribution is -2.36. The molecule has 20 heavy (non-hydrogen) atoms. The Labute approximate surface area is 116 Å². The molecule has 6 nitrogen and oxygen atoms in total. The Bertz CT molecular complexity index is 570. The minimum atomic E-state index is -1.11. The minimum Gasteiger partial charge on any atom is -0.479 e. The number of hydrogen-bond donors (Lipinski definition) is 2. The van der Waals surface area contributed by atoms with Crippen molar-refractivity contribution in [3.8, 4) is 0 Å². The number of carbonyl (C=O) groups is 3. The number of primary amides is 1. The first-order valence-electron chi connectivity index (χ1n) is 6.29. The van der Waals surface area contributed by atoms with E-state index in [1.54, 1.807) is 31.2 Å². The van der Waals surface area contributed by atoms with Crippen LogP contribution in [0.1, 0.15) is 23.6 Å². The van der Waals surface area contributed by atoms with Crippen molar-refractivity contribution in [1.29, 1.82) is 0 Å². The summed E-state index contributed by atoms with van der Waals surface area (Å²) in [6.45, 7) is 1.84. The van der Waals surface area contributed by atoms with Crippen molar-refractivity contribution in [3.63, 3.8) is 0 Å². The molecule has 0 aliphatic carbocycles. The number of nitrogens with zero attached hydrogens (tertiary/aromatic N) is 1. The molecule has 1 aliphatic rings. The number of carboxylic acids is 1. The molecule has 6 heteroatoms. The molecule has 106 valence electrons. The first-order valence-corrected chi connectivity index (χ1v) is 6.29. The van der Waals surface area contributed by atoms with Crippen molar-refractivity contribution in [2.45, 2.75) is 19.4 Å².